The van der Waals surface area contributed by atoms with Crippen molar-refractivity contribution in [2.45, 2.75) is 12.3 Å². The molecule has 0 saturated carbocycles. The van der Waals surface area contributed by atoms with Gasteiger partial charge in [0, 0.05) is 0 Å². The molecule has 5 nitrogen and oxygen atoms in total. The molecule has 140 valence electrons. The van der Waals surface area contributed by atoms with Crippen LogP contribution in [-0.4, -0.2) is 18.2 Å². The standard InChI is InChI=1S/C19H13F3O5/c1-26-15(23)8-11(9-6-12(20)16(22)13(21)7-9)19-18(25)17(24)10-4-2-3-5-14(10)27-19/h2-7,11,25H,8H2,1H3/t11-/m1/s1. The summed E-state index contributed by atoms with van der Waals surface area (Å²) in [6.45, 7) is 0. The van der Waals surface area contributed by atoms with E-state index < -0.39 is 46.9 Å². The number of para-hydroxylation sites is 1. The fourth-order valence-electron chi connectivity index (χ4n) is 2.77. The number of methoxy groups -OCH3 is 1. The normalized spacial score (nSPS) is 12.1. The number of rotatable bonds is 4. The van der Waals surface area contributed by atoms with E-state index in [0.717, 1.165) is 7.11 Å². The Morgan fingerprint density at radius 1 is 1.19 bits per heavy atom. The lowest BCUT2D eigenvalue weighted by atomic mass is 9.91. The molecule has 0 saturated heterocycles. The molecule has 1 heterocycles. The minimum absolute atomic E-state index is 0.0898. The Bertz CT molecular complexity index is 1070. The summed E-state index contributed by atoms with van der Waals surface area (Å²) < 4.78 is 50.8. The van der Waals surface area contributed by atoms with E-state index in [9.17, 15) is 27.9 Å². The van der Waals surface area contributed by atoms with Crippen molar-refractivity contribution in [2.24, 2.45) is 0 Å². The van der Waals surface area contributed by atoms with Crippen LogP contribution in [0.1, 0.15) is 23.7 Å². The van der Waals surface area contributed by atoms with Crippen molar-refractivity contribution in [3.63, 3.8) is 0 Å². The molecule has 3 aromatic rings. The first-order valence-corrected chi connectivity index (χ1v) is 7.79. The summed E-state index contributed by atoms with van der Waals surface area (Å²) in [5.41, 5.74) is -0.872. The van der Waals surface area contributed by atoms with Crippen LogP contribution in [0.15, 0.2) is 45.6 Å². The molecule has 1 aromatic heterocycles. The van der Waals surface area contributed by atoms with Crippen LogP contribution >= 0.6 is 0 Å². The highest BCUT2D eigenvalue weighted by molar-refractivity contribution is 5.78. The minimum Gasteiger partial charge on any atom is -0.502 e. The number of carbonyl (C=O) groups excluding carboxylic acids is 1. The quantitative estimate of drug-likeness (QED) is 0.554. The summed E-state index contributed by atoms with van der Waals surface area (Å²) in [6.07, 6.45) is -0.504. The van der Waals surface area contributed by atoms with Gasteiger partial charge in [-0.2, -0.15) is 0 Å². The second-order valence-electron chi connectivity index (χ2n) is 5.77. The van der Waals surface area contributed by atoms with E-state index in [1.54, 1.807) is 12.1 Å². The van der Waals surface area contributed by atoms with Crippen molar-refractivity contribution in [1.82, 2.24) is 0 Å². The van der Waals surface area contributed by atoms with Gasteiger partial charge in [0.05, 0.1) is 24.8 Å². The second kappa shape index (κ2) is 7.14. The predicted octanol–water partition coefficient (Wildman–Crippen LogP) is 3.61. The van der Waals surface area contributed by atoms with E-state index >= 15 is 0 Å². The van der Waals surface area contributed by atoms with Gasteiger partial charge in [0.25, 0.3) is 0 Å². The van der Waals surface area contributed by atoms with Gasteiger partial charge in [-0.05, 0) is 29.8 Å². The van der Waals surface area contributed by atoms with E-state index in [0.29, 0.717) is 12.1 Å². The number of esters is 1. The minimum atomic E-state index is -1.68. The molecule has 0 spiro atoms. The maximum absolute atomic E-state index is 13.7. The number of halogens is 3. The predicted molar refractivity (Wildman–Crippen MR) is 88.9 cm³/mol. The molecule has 27 heavy (non-hydrogen) atoms. The number of aromatic hydroxyl groups is 1. The van der Waals surface area contributed by atoms with Crippen LogP contribution in [0.4, 0.5) is 13.2 Å². The van der Waals surface area contributed by atoms with Crippen molar-refractivity contribution in [3.05, 3.63) is 75.4 Å². The number of benzene rings is 2. The highest BCUT2D eigenvalue weighted by atomic mass is 19.2. The summed E-state index contributed by atoms with van der Waals surface area (Å²) in [6, 6.07) is 7.37. The lowest BCUT2D eigenvalue weighted by Crippen LogP contribution is -2.14. The van der Waals surface area contributed by atoms with Crippen molar-refractivity contribution < 1.29 is 32.2 Å². The molecule has 0 radical (unpaired) electrons. The molecule has 0 fully saturated rings. The molecule has 0 unspecified atom stereocenters. The van der Waals surface area contributed by atoms with E-state index in [4.69, 9.17) is 4.42 Å². The van der Waals surface area contributed by atoms with Crippen LogP contribution in [0.5, 0.6) is 5.75 Å². The first-order chi connectivity index (χ1) is 12.8. The molecule has 0 bridgehead atoms. The van der Waals surface area contributed by atoms with Crippen LogP contribution in [0.3, 0.4) is 0 Å². The second-order valence-corrected chi connectivity index (χ2v) is 5.77. The third-order valence-corrected chi connectivity index (χ3v) is 4.12. The van der Waals surface area contributed by atoms with Gasteiger partial charge in [0.15, 0.2) is 23.2 Å². The SMILES string of the molecule is COC(=O)C[C@H](c1cc(F)c(F)c(F)c1)c1oc2ccccc2c(=O)c1O. The van der Waals surface area contributed by atoms with Gasteiger partial charge in [-0.3, -0.25) is 9.59 Å². The lowest BCUT2D eigenvalue weighted by molar-refractivity contribution is -0.140. The topological polar surface area (TPSA) is 76.7 Å². The first kappa shape index (κ1) is 18.5. The molecule has 2 aromatic carbocycles. The average molecular weight is 378 g/mol. The van der Waals surface area contributed by atoms with E-state index in [2.05, 4.69) is 4.74 Å². The van der Waals surface area contributed by atoms with Crippen molar-refractivity contribution >= 4 is 16.9 Å². The maximum atomic E-state index is 13.7. The molecule has 3 rings (SSSR count). The molecule has 1 N–H and O–H groups in total. The maximum Gasteiger partial charge on any atom is 0.306 e. The highest BCUT2D eigenvalue weighted by Gasteiger charge is 2.28. The summed E-state index contributed by atoms with van der Waals surface area (Å²) in [5, 5.41) is 10.4. The van der Waals surface area contributed by atoms with Crippen LogP contribution in [0.2, 0.25) is 0 Å². The molecule has 8 heteroatoms. The zero-order chi connectivity index (χ0) is 19.7. The van der Waals surface area contributed by atoms with Crippen molar-refractivity contribution in [3.8, 4) is 5.75 Å². The summed E-state index contributed by atoms with van der Waals surface area (Å²) in [5.74, 6) is -7.91. The van der Waals surface area contributed by atoms with Gasteiger partial charge >= 0.3 is 5.97 Å². The van der Waals surface area contributed by atoms with E-state index in [1.807, 2.05) is 0 Å². The average Bonchev–Trinajstić information content (AvgIpc) is 2.66. The highest BCUT2D eigenvalue weighted by Crippen LogP contribution is 2.35. The largest absolute Gasteiger partial charge is 0.502 e. The Morgan fingerprint density at radius 3 is 2.44 bits per heavy atom. The van der Waals surface area contributed by atoms with Crippen LogP contribution < -0.4 is 5.43 Å². The Balaban J connectivity index is 2.26. The zero-order valence-corrected chi connectivity index (χ0v) is 14.0. The molecular formula is C19H13F3O5. The van der Waals surface area contributed by atoms with Crippen LogP contribution in [-0.2, 0) is 9.53 Å². The molecular weight excluding hydrogens is 365 g/mol. The number of carbonyl (C=O) groups is 1. The van der Waals surface area contributed by atoms with E-state index in [-0.39, 0.29) is 22.3 Å². The molecule has 0 amide bonds. The third-order valence-electron chi connectivity index (χ3n) is 4.12. The Labute approximate surface area is 150 Å². The third kappa shape index (κ3) is 3.38. The fraction of sp³-hybridized carbons (Fsp3) is 0.158. The van der Waals surface area contributed by atoms with Gasteiger partial charge in [-0.1, -0.05) is 12.1 Å². The Morgan fingerprint density at radius 2 is 1.81 bits per heavy atom. The summed E-state index contributed by atoms with van der Waals surface area (Å²) in [7, 11) is 1.10. The number of hydrogen-bond acceptors (Lipinski definition) is 5. The molecule has 1 atom stereocenters. The number of fused-ring (bicyclic) bond motifs is 1. The van der Waals surface area contributed by atoms with Crippen molar-refractivity contribution in [1.29, 1.82) is 0 Å². The molecule has 0 aliphatic rings. The summed E-state index contributed by atoms with van der Waals surface area (Å²) >= 11 is 0. The summed E-state index contributed by atoms with van der Waals surface area (Å²) in [4.78, 5) is 24.2. The Kier molecular flexibility index (Phi) is 4.89. The monoisotopic (exact) mass is 378 g/mol. The van der Waals surface area contributed by atoms with Gasteiger partial charge in [-0.25, -0.2) is 13.2 Å². The zero-order valence-electron chi connectivity index (χ0n) is 14.0. The number of ether oxygens (including phenoxy) is 1. The number of hydrogen-bond donors (Lipinski definition) is 1. The van der Waals surface area contributed by atoms with E-state index in [1.165, 1.54) is 12.1 Å². The lowest BCUT2D eigenvalue weighted by Gasteiger charge is -2.17. The van der Waals surface area contributed by atoms with Gasteiger partial charge < -0.3 is 14.3 Å². The molecule has 0 aliphatic carbocycles. The smallest absolute Gasteiger partial charge is 0.306 e. The molecule has 0 aliphatic heterocycles. The first-order valence-electron chi connectivity index (χ1n) is 7.79. The van der Waals surface area contributed by atoms with Crippen molar-refractivity contribution in [2.75, 3.05) is 7.11 Å². The van der Waals surface area contributed by atoms with Crippen LogP contribution in [0.25, 0.3) is 11.0 Å². The van der Waals surface area contributed by atoms with Gasteiger partial charge in [0.2, 0.25) is 11.2 Å². The Hall–Kier alpha value is -3.29. The van der Waals surface area contributed by atoms with Crippen LogP contribution in [0, 0.1) is 17.5 Å². The van der Waals surface area contributed by atoms with Gasteiger partial charge in [0.1, 0.15) is 5.58 Å². The van der Waals surface area contributed by atoms with Gasteiger partial charge in [-0.15, -0.1) is 0 Å². The fourth-order valence-corrected chi connectivity index (χ4v) is 2.77.